The van der Waals surface area contributed by atoms with E-state index in [0.29, 0.717) is 5.75 Å². The number of aromatic nitrogens is 4. The van der Waals surface area contributed by atoms with Gasteiger partial charge in [0.15, 0.2) is 23.1 Å². The van der Waals surface area contributed by atoms with Crippen molar-refractivity contribution in [3.05, 3.63) is 82.7 Å². The number of methoxy groups -OCH3 is 1. The number of carbonyl (C=O) groups excluding carboxylic acids is 1. The standard InChI is InChI=1S/C32H36N6O12S/c1-32(2,3)22-10-12-23(13-11-22)51(42,43)37-27-26(50-25-9-6-5-8-24(25)44-4)30(36-29(35-27)28-33-14-7-15-34-28)46-19-20-48-31(39)47-18-16-45-17-21-49-38(40)41/h5-15H,16-21H2,1-4H3,(H,35,36,37). The minimum absolute atomic E-state index is 0.0421. The van der Waals surface area contributed by atoms with E-state index in [0.717, 1.165) is 5.56 Å². The number of sulfonamides is 1. The van der Waals surface area contributed by atoms with Crippen molar-refractivity contribution in [3.8, 4) is 34.8 Å². The first kappa shape index (κ1) is 38.0. The van der Waals surface area contributed by atoms with Crippen molar-refractivity contribution in [2.45, 2.75) is 31.1 Å². The van der Waals surface area contributed by atoms with Crippen LogP contribution < -0.4 is 18.9 Å². The number of hydrogen-bond donors (Lipinski definition) is 1. The summed E-state index contributed by atoms with van der Waals surface area (Å²) in [6.45, 7) is 4.82. The number of carbonyl (C=O) groups is 1. The molecule has 4 rings (SSSR count). The van der Waals surface area contributed by atoms with Gasteiger partial charge in [0, 0.05) is 12.4 Å². The second-order valence-corrected chi connectivity index (χ2v) is 12.9. The Morgan fingerprint density at radius 1 is 0.843 bits per heavy atom. The zero-order valence-electron chi connectivity index (χ0n) is 28.1. The molecule has 51 heavy (non-hydrogen) atoms. The van der Waals surface area contributed by atoms with Crippen molar-refractivity contribution in [1.29, 1.82) is 0 Å². The summed E-state index contributed by atoms with van der Waals surface area (Å²) in [7, 11) is -2.82. The van der Waals surface area contributed by atoms with Crippen LogP contribution in [0.4, 0.5) is 10.6 Å². The second kappa shape index (κ2) is 17.7. The third kappa shape index (κ3) is 11.4. The Kier molecular flexibility index (Phi) is 13.2. The monoisotopic (exact) mass is 728 g/mol. The van der Waals surface area contributed by atoms with Gasteiger partial charge in [-0.05, 0) is 41.3 Å². The van der Waals surface area contributed by atoms with E-state index in [9.17, 15) is 23.3 Å². The highest BCUT2D eigenvalue weighted by molar-refractivity contribution is 7.92. The topological polar surface area (TPSA) is 223 Å². The number of anilines is 1. The van der Waals surface area contributed by atoms with E-state index in [1.165, 1.54) is 31.6 Å². The zero-order chi connectivity index (χ0) is 36.9. The summed E-state index contributed by atoms with van der Waals surface area (Å²) in [4.78, 5) is 43.4. The van der Waals surface area contributed by atoms with Gasteiger partial charge in [-0.25, -0.2) is 28.2 Å². The Morgan fingerprint density at radius 2 is 1.49 bits per heavy atom. The van der Waals surface area contributed by atoms with Crippen LogP contribution in [0.5, 0.6) is 23.1 Å². The van der Waals surface area contributed by atoms with Crippen LogP contribution in [0, 0.1) is 10.1 Å². The molecule has 0 bridgehead atoms. The molecule has 272 valence electrons. The van der Waals surface area contributed by atoms with Crippen molar-refractivity contribution in [1.82, 2.24) is 19.9 Å². The first-order chi connectivity index (χ1) is 24.4. The minimum atomic E-state index is -4.26. The molecule has 0 radical (unpaired) electrons. The molecule has 0 saturated carbocycles. The maximum atomic E-state index is 13.7. The van der Waals surface area contributed by atoms with Gasteiger partial charge < -0.3 is 33.3 Å². The van der Waals surface area contributed by atoms with Crippen LogP contribution in [-0.4, -0.2) is 86.3 Å². The van der Waals surface area contributed by atoms with E-state index < -0.39 is 21.3 Å². The van der Waals surface area contributed by atoms with E-state index >= 15 is 0 Å². The van der Waals surface area contributed by atoms with E-state index in [2.05, 4.69) is 29.5 Å². The molecule has 19 heteroatoms. The zero-order valence-corrected chi connectivity index (χ0v) is 29.0. The van der Waals surface area contributed by atoms with Crippen LogP contribution in [0.3, 0.4) is 0 Å². The molecule has 0 fully saturated rings. The van der Waals surface area contributed by atoms with Gasteiger partial charge in [0.1, 0.15) is 26.4 Å². The third-order valence-electron chi connectivity index (χ3n) is 6.56. The van der Waals surface area contributed by atoms with E-state index in [1.54, 1.807) is 42.5 Å². The maximum absolute atomic E-state index is 13.7. The summed E-state index contributed by atoms with van der Waals surface area (Å²) < 4.78 is 62.4. The van der Waals surface area contributed by atoms with Crippen LogP contribution in [-0.2, 0) is 34.5 Å². The molecule has 4 aromatic rings. The highest BCUT2D eigenvalue weighted by Gasteiger charge is 2.26. The smallest absolute Gasteiger partial charge is 0.493 e. The Balaban J connectivity index is 1.59. The molecule has 0 amide bonds. The lowest BCUT2D eigenvalue weighted by Gasteiger charge is -2.20. The van der Waals surface area contributed by atoms with Gasteiger partial charge in [0.05, 0.1) is 25.2 Å². The van der Waals surface area contributed by atoms with Crippen LogP contribution in [0.1, 0.15) is 26.3 Å². The number of para-hydroxylation sites is 2. The number of nitrogens with zero attached hydrogens (tertiary/aromatic N) is 5. The van der Waals surface area contributed by atoms with E-state index in [4.69, 9.17) is 28.4 Å². The van der Waals surface area contributed by atoms with Gasteiger partial charge in [-0.15, -0.1) is 10.1 Å². The Hall–Kier alpha value is -5.82. The number of benzene rings is 2. The lowest BCUT2D eigenvalue weighted by Crippen LogP contribution is -2.18. The fourth-order valence-electron chi connectivity index (χ4n) is 4.10. The van der Waals surface area contributed by atoms with Crippen molar-refractivity contribution in [2.75, 3.05) is 51.5 Å². The van der Waals surface area contributed by atoms with Crippen LogP contribution >= 0.6 is 0 Å². The largest absolute Gasteiger partial charge is 0.508 e. The molecular formula is C32H36N6O12S. The van der Waals surface area contributed by atoms with Crippen LogP contribution in [0.15, 0.2) is 71.9 Å². The van der Waals surface area contributed by atoms with Gasteiger partial charge in [0.2, 0.25) is 11.6 Å². The molecular weight excluding hydrogens is 692 g/mol. The fourth-order valence-corrected chi connectivity index (χ4v) is 5.10. The molecule has 1 N–H and O–H groups in total. The van der Waals surface area contributed by atoms with Crippen molar-refractivity contribution < 1.29 is 51.6 Å². The molecule has 0 unspecified atom stereocenters. The third-order valence-corrected chi connectivity index (χ3v) is 7.91. The lowest BCUT2D eigenvalue weighted by atomic mass is 9.87. The first-order valence-electron chi connectivity index (χ1n) is 15.3. The SMILES string of the molecule is COc1ccccc1Oc1c(NS(=O)(=O)c2ccc(C(C)(C)C)cc2)nc(-c2ncccn2)nc1OCCOC(=O)OCCOCCO[N+](=O)[O-]. The molecule has 0 atom stereocenters. The Morgan fingerprint density at radius 3 is 2.14 bits per heavy atom. The quantitative estimate of drug-likeness (QED) is 0.0640. The second-order valence-electron chi connectivity index (χ2n) is 11.2. The normalized spacial score (nSPS) is 11.3. The van der Waals surface area contributed by atoms with Crippen LogP contribution in [0.25, 0.3) is 11.6 Å². The van der Waals surface area contributed by atoms with Gasteiger partial charge in [0.25, 0.3) is 21.0 Å². The summed E-state index contributed by atoms with van der Waals surface area (Å²) in [6.07, 6.45) is 1.87. The number of hydrogen-bond acceptors (Lipinski definition) is 16. The average Bonchev–Trinajstić information content (AvgIpc) is 3.10. The minimum Gasteiger partial charge on any atom is -0.493 e. The predicted octanol–water partition coefficient (Wildman–Crippen LogP) is 4.59. The average molecular weight is 729 g/mol. The molecule has 2 heterocycles. The van der Waals surface area contributed by atoms with Crippen molar-refractivity contribution in [3.63, 3.8) is 0 Å². The lowest BCUT2D eigenvalue weighted by molar-refractivity contribution is -0.758. The van der Waals surface area contributed by atoms with Crippen molar-refractivity contribution >= 4 is 22.0 Å². The summed E-state index contributed by atoms with van der Waals surface area (Å²) in [5.74, 6) is -0.366. The molecule has 0 spiro atoms. The summed E-state index contributed by atoms with van der Waals surface area (Å²) in [5.41, 5.74) is 0.726. The van der Waals surface area contributed by atoms with Crippen LogP contribution in [0.2, 0.25) is 0 Å². The Labute approximate surface area is 293 Å². The molecule has 0 aliphatic heterocycles. The predicted molar refractivity (Wildman–Crippen MR) is 179 cm³/mol. The van der Waals surface area contributed by atoms with E-state index in [1.807, 2.05) is 20.8 Å². The number of nitrogens with one attached hydrogen (secondary N) is 1. The van der Waals surface area contributed by atoms with Crippen molar-refractivity contribution in [2.24, 2.45) is 0 Å². The fraction of sp³-hybridized carbons (Fsp3) is 0.344. The maximum Gasteiger partial charge on any atom is 0.508 e. The highest BCUT2D eigenvalue weighted by Crippen LogP contribution is 2.41. The molecule has 0 aliphatic rings. The highest BCUT2D eigenvalue weighted by atomic mass is 32.2. The van der Waals surface area contributed by atoms with Gasteiger partial charge in [-0.2, -0.15) is 4.98 Å². The van der Waals surface area contributed by atoms with Gasteiger partial charge in [-0.3, -0.25) is 4.72 Å². The molecule has 2 aromatic carbocycles. The first-order valence-corrected chi connectivity index (χ1v) is 16.8. The molecule has 0 aliphatic carbocycles. The molecule has 2 aromatic heterocycles. The number of rotatable bonds is 18. The van der Waals surface area contributed by atoms with Gasteiger partial charge in [-0.1, -0.05) is 45.0 Å². The van der Waals surface area contributed by atoms with Gasteiger partial charge >= 0.3 is 6.16 Å². The molecule has 18 nitrogen and oxygen atoms in total. The Bertz CT molecular complexity index is 1870. The summed E-state index contributed by atoms with van der Waals surface area (Å²) in [5, 5.41) is 9.19. The molecule has 0 saturated heterocycles. The van der Waals surface area contributed by atoms with E-state index in [-0.39, 0.29) is 84.8 Å². The summed E-state index contributed by atoms with van der Waals surface area (Å²) in [6, 6.07) is 14.6. The number of ether oxygens (including phenoxy) is 6. The summed E-state index contributed by atoms with van der Waals surface area (Å²) >= 11 is 0.